The molecule has 0 aromatic carbocycles. The molecule has 7 nitrogen and oxygen atoms in total. The standard InChI is InChI=1S/C18H34N6O.HI/c1-8-25-11-9-10-19-16(24-13-17(3,4)18(24,5)6)20-12-15-22-21-14(2)23(15)7;/h8-13H2,1-7H3,(H,19,20);1H. The summed E-state index contributed by atoms with van der Waals surface area (Å²) in [5.74, 6) is 2.73. The quantitative estimate of drug-likeness (QED) is 0.283. The number of hydrogen-bond donors (Lipinski definition) is 1. The van der Waals surface area contributed by atoms with E-state index in [1.165, 1.54) is 0 Å². The molecule has 1 N–H and O–H groups in total. The van der Waals surface area contributed by atoms with Gasteiger partial charge in [-0.15, -0.1) is 34.2 Å². The van der Waals surface area contributed by atoms with Crippen LogP contribution in [0.5, 0.6) is 0 Å². The van der Waals surface area contributed by atoms with Crippen LogP contribution in [-0.2, 0) is 18.3 Å². The Morgan fingerprint density at radius 1 is 1.27 bits per heavy atom. The molecule has 0 unspecified atom stereocenters. The molecule has 2 heterocycles. The van der Waals surface area contributed by atoms with Gasteiger partial charge in [-0.05, 0) is 34.1 Å². The van der Waals surface area contributed by atoms with Crippen LogP contribution in [0.3, 0.4) is 0 Å². The Balaban J connectivity index is 0.00000338. The number of aliphatic imine (C=N–C) groups is 1. The minimum Gasteiger partial charge on any atom is -0.382 e. The molecule has 8 heteroatoms. The maximum absolute atomic E-state index is 5.42. The lowest BCUT2D eigenvalue weighted by Crippen LogP contribution is -2.72. The number of hydrogen-bond acceptors (Lipinski definition) is 4. The summed E-state index contributed by atoms with van der Waals surface area (Å²) in [6.45, 7) is 17.1. The van der Waals surface area contributed by atoms with Crippen molar-refractivity contribution in [2.45, 2.75) is 60.0 Å². The van der Waals surface area contributed by atoms with Crippen LogP contribution in [0.25, 0.3) is 0 Å². The molecule has 1 fully saturated rings. The lowest BCUT2D eigenvalue weighted by molar-refractivity contribution is -0.0669. The van der Waals surface area contributed by atoms with Gasteiger partial charge >= 0.3 is 0 Å². The highest BCUT2D eigenvalue weighted by Gasteiger charge is 2.53. The van der Waals surface area contributed by atoms with Gasteiger partial charge in [-0.3, -0.25) is 0 Å². The highest BCUT2D eigenvalue weighted by Crippen LogP contribution is 2.46. The number of guanidine groups is 1. The molecule has 1 aromatic rings. The zero-order chi connectivity index (χ0) is 18.7. The van der Waals surface area contributed by atoms with Crippen molar-refractivity contribution in [2.75, 3.05) is 26.3 Å². The number of halogens is 1. The lowest BCUT2D eigenvalue weighted by atomic mass is 9.65. The third-order valence-electron chi connectivity index (χ3n) is 5.65. The summed E-state index contributed by atoms with van der Waals surface area (Å²) < 4.78 is 7.41. The van der Waals surface area contributed by atoms with Crippen molar-refractivity contribution in [3.63, 3.8) is 0 Å². The van der Waals surface area contributed by atoms with Crippen molar-refractivity contribution in [2.24, 2.45) is 17.5 Å². The summed E-state index contributed by atoms with van der Waals surface area (Å²) >= 11 is 0. The van der Waals surface area contributed by atoms with Gasteiger partial charge in [0.1, 0.15) is 12.4 Å². The molecule has 26 heavy (non-hydrogen) atoms. The van der Waals surface area contributed by atoms with E-state index in [0.717, 1.165) is 50.3 Å². The van der Waals surface area contributed by atoms with Gasteiger partial charge in [0.05, 0.1) is 0 Å². The van der Waals surface area contributed by atoms with Crippen molar-refractivity contribution < 1.29 is 4.74 Å². The monoisotopic (exact) mass is 478 g/mol. The molecule has 0 amide bonds. The molecule has 0 radical (unpaired) electrons. The van der Waals surface area contributed by atoms with Gasteiger partial charge < -0.3 is 19.5 Å². The van der Waals surface area contributed by atoms with Crippen LogP contribution in [0.2, 0.25) is 0 Å². The summed E-state index contributed by atoms with van der Waals surface area (Å²) in [7, 11) is 1.98. The van der Waals surface area contributed by atoms with Crippen molar-refractivity contribution in [1.29, 1.82) is 0 Å². The molecule has 2 rings (SSSR count). The normalized spacial score (nSPS) is 18.3. The lowest BCUT2D eigenvalue weighted by Gasteiger charge is -2.62. The van der Waals surface area contributed by atoms with Crippen LogP contribution >= 0.6 is 24.0 Å². The van der Waals surface area contributed by atoms with E-state index < -0.39 is 0 Å². The largest absolute Gasteiger partial charge is 0.382 e. The minimum atomic E-state index is 0. The van der Waals surface area contributed by atoms with Gasteiger partial charge in [0.25, 0.3) is 0 Å². The van der Waals surface area contributed by atoms with Gasteiger partial charge in [-0.25, -0.2) is 4.99 Å². The van der Waals surface area contributed by atoms with Crippen molar-refractivity contribution in [3.8, 4) is 0 Å². The highest BCUT2D eigenvalue weighted by atomic mass is 127. The Morgan fingerprint density at radius 3 is 2.46 bits per heavy atom. The van der Waals surface area contributed by atoms with Crippen molar-refractivity contribution in [3.05, 3.63) is 11.6 Å². The molecule has 1 saturated heterocycles. The highest BCUT2D eigenvalue weighted by molar-refractivity contribution is 14.0. The summed E-state index contributed by atoms with van der Waals surface area (Å²) in [4.78, 5) is 7.19. The Labute approximate surface area is 175 Å². The topological polar surface area (TPSA) is 67.6 Å². The van der Waals surface area contributed by atoms with E-state index in [1.54, 1.807) is 0 Å². The molecule has 0 bridgehead atoms. The summed E-state index contributed by atoms with van der Waals surface area (Å²) in [6.07, 6.45) is 0.966. The van der Waals surface area contributed by atoms with E-state index in [1.807, 2.05) is 25.5 Å². The molecule has 1 aliphatic rings. The van der Waals surface area contributed by atoms with E-state index in [4.69, 9.17) is 9.73 Å². The first-order chi connectivity index (χ1) is 11.7. The number of nitrogens with zero attached hydrogens (tertiary/aromatic N) is 5. The Kier molecular flexibility index (Phi) is 8.32. The third kappa shape index (κ3) is 4.88. The second kappa shape index (κ2) is 9.34. The van der Waals surface area contributed by atoms with Gasteiger partial charge in [0.15, 0.2) is 11.8 Å². The van der Waals surface area contributed by atoms with E-state index in [-0.39, 0.29) is 34.9 Å². The van der Waals surface area contributed by atoms with Crippen LogP contribution in [-0.4, -0.2) is 57.5 Å². The van der Waals surface area contributed by atoms with E-state index in [9.17, 15) is 0 Å². The summed E-state index contributed by atoms with van der Waals surface area (Å²) in [5, 5.41) is 11.8. The second-order valence-corrected chi connectivity index (χ2v) is 7.87. The molecular weight excluding hydrogens is 443 g/mol. The Bertz CT molecular complexity index is 611. The first-order valence-electron chi connectivity index (χ1n) is 9.19. The number of nitrogens with one attached hydrogen (secondary N) is 1. The van der Waals surface area contributed by atoms with Gasteiger partial charge in [-0.1, -0.05) is 13.8 Å². The fourth-order valence-electron chi connectivity index (χ4n) is 2.89. The van der Waals surface area contributed by atoms with E-state index in [2.05, 4.69) is 48.1 Å². The molecule has 0 aliphatic carbocycles. The average molecular weight is 478 g/mol. The second-order valence-electron chi connectivity index (χ2n) is 7.87. The molecule has 150 valence electrons. The fraction of sp³-hybridized carbons (Fsp3) is 0.833. The average Bonchev–Trinajstić information content (AvgIpc) is 2.87. The molecular formula is C18H35IN6O. The van der Waals surface area contributed by atoms with Crippen LogP contribution in [0, 0.1) is 12.3 Å². The zero-order valence-corrected chi connectivity index (χ0v) is 19.6. The minimum absolute atomic E-state index is 0. The van der Waals surface area contributed by atoms with E-state index in [0.29, 0.717) is 6.54 Å². The van der Waals surface area contributed by atoms with Gasteiger partial charge in [0.2, 0.25) is 0 Å². The zero-order valence-electron chi connectivity index (χ0n) is 17.3. The summed E-state index contributed by atoms with van der Waals surface area (Å²) in [6, 6.07) is 0. The molecule has 0 atom stereocenters. The predicted molar refractivity (Wildman–Crippen MR) is 116 cm³/mol. The van der Waals surface area contributed by atoms with Crippen LogP contribution in [0.1, 0.15) is 52.7 Å². The molecule has 0 saturated carbocycles. The van der Waals surface area contributed by atoms with Crippen molar-refractivity contribution >= 4 is 29.9 Å². The number of rotatable bonds is 7. The van der Waals surface area contributed by atoms with Crippen LogP contribution < -0.4 is 5.32 Å². The number of likely N-dealkylation sites (tertiary alicyclic amines) is 1. The number of aromatic nitrogens is 3. The van der Waals surface area contributed by atoms with Crippen LogP contribution in [0.15, 0.2) is 4.99 Å². The van der Waals surface area contributed by atoms with Gasteiger partial charge in [0, 0.05) is 44.3 Å². The van der Waals surface area contributed by atoms with Gasteiger partial charge in [-0.2, -0.15) is 0 Å². The molecule has 1 aliphatic heterocycles. The number of ether oxygens (including phenoxy) is 1. The first-order valence-corrected chi connectivity index (χ1v) is 9.19. The maximum Gasteiger partial charge on any atom is 0.194 e. The van der Waals surface area contributed by atoms with E-state index >= 15 is 0 Å². The van der Waals surface area contributed by atoms with Crippen LogP contribution in [0.4, 0.5) is 0 Å². The third-order valence-corrected chi connectivity index (χ3v) is 5.65. The SMILES string of the molecule is CCOCCCNC(=NCc1nnc(C)n1C)N1CC(C)(C)C1(C)C.I. The maximum atomic E-state index is 5.42. The fourth-order valence-corrected chi connectivity index (χ4v) is 2.89. The number of aryl methyl sites for hydroxylation is 1. The Hall–Kier alpha value is -0.900. The first kappa shape index (κ1) is 23.1. The molecule has 1 aromatic heterocycles. The summed E-state index contributed by atoms with van der Waals surface area (Å²) in [5.41, 5.74) is 0.330. The molecule has 0 spiro atoms. The smallest absolute Gasteiger partial charge is 0.194 e. The predicted octanol–water partition coefficient (Wildman–Crippen LogP) is 2.73. The Morgan fingerprint density at radius 2 is 1.96 bits per heavy atom. The van der Waals surface area contributed by atoms with Crippen molar-refractivity contribution in [1.82, 2.24) is 25.0 Å².